The number of carbonyl (C=O) groups excluding carboxylic acids is 3. The molecule has 2 N–H and O–H groups in total. The molecule has 45 heavy (non-hydrogen) atoms. The normalized spacial score (nSPS) is 27.8. The van der Waals surface area contributed by atoms with E-state index in [1.165, 1.54) is 9.80 Å². The molecule has 6 rings (SSSR count). The van der Waals surface area contributed by atoms with E-state index in [9.17, 15) is 28.3 Å². The van der Waals surface area contributed by atoms with Crippen LogP contribution in [0, 0.1) is 0 Å². The minimum absolute atomic E-state index is 0.0908. The molecule has 3 amide bonds. The van der Waals surface area contributed by atoms with Crippen LogP contribution in [-0.2, 0) is 23.9 Å². The van der Waals surface area contributed by atoms with Crippen molar-refractivity contribution in [2.24, 2.45) is 0 Å². The van der Waals surface area contributed by atoms with E-state index >= 15 is 0 Å². The van der Waals surface area contributed by atoms with E-state index in [1.807, 2.05) is 4.90 Å². The van der Waals surface area contributed by atoms with Gasteiger partial charge in [-0.05, 0) is 25.0 Å². The van der Waals surface area contributed by atoms with Gasteiger partial charge in [0.2, 0.25) is 23.6 Å². The van der Waals surface area contributed by atoms with Crippen molar-refractivity contribution in [3.05, 3.63) is 30.5 Å². The maximum atomic E-state index is 14.4. The van der Waals surface area contributed by atoms with Crippen molar-refractivity contribution in [1.29, 1.82) is 0 Å². The molecule has 1 saturated carbocycles. The third-order valence-electron chi connectivity index (χ3n) is 9.25. The molecule has 3 atom stereocenters. The van der Waals surface area contributed by atoms with Crippen LogP contribution < -0.4 is 5.32 Å². The van der Waals surface area contributed by atoms with Crippen molar-refractivity contribution in [1.82, 2.24) is 35.0 Å². The Bertz CT molecular complexity index is 1380. The number of alkyl halides is 2. The molecule has 1 aromatic heterocycles. The predicted molar refractivity (Wildman–Crippen MR) is 155 cm³/mol. The molecule has 13 nitrogen and oxygen atoms in total. The average Bonchev–Trinajstić information content (AvgIpc) is 3.70. The lowest BCUT2D eigenvalue weighted by Gasteiger charge is -2.46. The van der Waals surface area contributed by atoms with Crippen LogP contribution in [0.25, 0.3) is 11.3 Å². The Morgan fingerprint density at radius 3 is 2.56 bits per heavy atom. The Morgan fingerprint density at radius 2 is 1.76 bits per heavy atom. The molecule has 3 aliphatic heterocycles. The van der Waals surface area contributed by atoms with Crippen LogP contribution in [0.5, 0.6) is 5.75 Å². The number of nitrogens with zero attached hydrogens (tertiary/aromatic N) is 6. The minimum atomic E-state index is -2.68. The highest BCUT2D eigenvalue weighted by molar-refractivity contribution is 5.93. The second-order valence-electron chi connectivity index (χ2n) is 12.2. The summed E-state index contributed by atoms with van der Waals surface area (Å²) < 4.78 is 40.6. The number of fused-ring (bicyclic) bond motifs is 2. The number of phenols is 1. The van der Waals surface area contributed by atoms with Gasteiger partial charge in [0.25, 0.3) is 0 Å². The Hall–Kier alpha value is -3.69. The van der Waals surface area contributed by atoms with Crippen molar-refractivity contribution < 1.29 is 37.7 Å². The van der Waals surface area contributed by atoms with Crippen LogP contribution in [-0.4, -0.2) is 136 Å². The number of ether oxygens (including phenoxy) is 2. The smallest absolute Gasteiger partial charge is 0.249 e. The van der Waals surface area contributed by atoms with Gasteiger partial charge in [-0.2, -0.15) is 0 Å². The third kappa shape index (κ3) is 7.10. The molecular weight excluding hydrogens is 592 g/mol. The van der Waals surface area contributed by atoms with E-state index in [0.717, 1.165) is 0 Å². The number of carbonyl (C=O) groups is 3. The summed E-state index contributed by atoms with van der Waals surface area (Å²) in [5.41, 5.74) is 1.20. The number of nitrogens with one attached hydrogen (secondary N) is 1. The number of aromatic nitrogens is 3. The second kappa shape index (κ2) is 13.3. The number of phenolic OH excluding ortho intramolecular Hbond substituents is 1. The minimum Gasteiger partial charge on any atom is -0.508 e. The van der Waals surface area contributed by atoms with E-state index in [0.29, 0.717) is 30.6 Å². The first kappa shape index (κ1) is 31.3. The van der Waals surface area contributed by atoms with Crippen molar-refractivity contribution in [2.75, 3.05) is 59.2 Å². The molecule has 1 aromatic carbocycles. The van der Waals surface area contributed by atoms with Crippen LogP contribution in [0.4, 0.5) is 8.78 Å². The van der Waals surface area contributed by atoms with Gasteiger partial charge in [-0.25, -0.2) is 13.5 Å². The van der Waals surface area contributed by atoms with Gasteiger partial charge < -0.3 is 29.7 Å². The topological polar surface area (TPSA) is 142 Å². The summed E-state index contributed by atoms with van der Waals surface area (Å²) in [6.07, 6.45) is 2.21. The Balaban J connectivity index is 1.26. The van der Waals surface area contributed by atoms with Crippen LogP contribution in [0.1, 0.15) is 38.1 Å². The number of rotatable bonds is 3. The number of piperazine rings is 1. The lowest BCUT2D eigenvalue weighted by atomic mass is 9.90. The molecule has 15 heteroatoms. The molecule has 3 saturated heterocycles. The largest absolute Gasteiger partial charge is 0.508 e. The quantitative estimate of drug-likeness (QED) is 0.508. The number of halogens is 2. The van der Waals surface area contributed by atoms with Crippen molar-refractivity contribution in [3.63, 3.8) is 0 Å². The van der Waals surface area contributed by atoms with E-state index in [4.69, 9.17) is 9.47 Å². The molecule has 1 aliphatic carbocycles. The van der Waals surface area contributed by atoms with E-state index in [-0.39, 0.29) is 107 Å². The molecule has 0 spiro atoms. The number of hydrogen-bond donors (Lipinski definition) is 2. The van der Waals surface area contributed by atoms with E-state index in [1.54, 1.807) is 35.1 Å². The summed E-state index contributed by atoms with van der Waals surface area (Å²) in [5, 5.41) is 21.3. The van der Waals surface area contributed by atoms with Gasteiger partial charge in [0.1, 0.15) is 30.1 Å². The molecule has 0 radical (unpaired) electrons. The highest BCUT2D eigenvalue weighted by Crippen LogP contribution is 2.36. The van der Waals surface area contributed by atoms with Crippen molar-refractivity contribution in [3.8, 4) is 17.0 Å². The molecule has 2 aromatic rings. The number of benzene rings is 1. The van der Waals surface area contributed by atoms with E-state index < -0.39 is 18.0 Å². The van der Waals surface area contributed by atoms with Gasteiger partial charge in [0.05, 0.1) is 32.1 Å². The number of aromatic hydroxyl groups is 1. The molecule has 4 heterocycles. The fourth-order valence-electron chi connectivity index (χ4n) is 6.80. The highest BCUT2D eigenvalue weighted by Gasteiger charge is 2.47. The van der Waals surface area contributed by atoms with Gasteiger partial charge in [0, 0.05) is 63.6 Å². The summed E-state index contributed by atoms with van der Waals surface area (Å²) in [6.45, 7) is 1.73. The second-order valence-corrected chi connectivity index (χ2v) is 12.2. The van der Waals surface area contributed by atoms with Gasteiger partial charge in [-0.3, -0.25) is 19.3 Å². The lowest BCUT2D eigenvalue weighted by molar-refractivity contribution is -0.155. The molecule has 4 aliphatic rings. The summed E-state index contributed by atoms with van der Waals surface area (Å²) in [5.74, 6) is -3.65. The predicted octanol–water partition coefficient (Wildman–Crippen LogP) is 1.05. The van der Waals surface area contributed by atoms with Gasteiger partial charge in [-0.15, -0.1) is 5.10 Å². The van der Waals surface area contributed by atoms with Crippen molar-refractivity contribution in [2.45, 2.75) is 62.2 Å². The first-order valence-corrected chi connectivity index (χ1v) is 15.5. The fraction of sp³-hybridized carbons (Fsp3) is 0.633. The zero-order chi connectivity index (χ0) is 31.6. The van der Waals surface area contributed by atoms with Crippen LogP contribution >= 0.6 is 0 Å². The summed E-state index contributed by atoms with van der Waals surface area (Å²) in [7, 11) is 0. The monoisotopic (exact) mass is 631 g/mol. The molecule has 0 unspecified atom stereocenters. The number of hydrogen-bond acceptors (Lipinski definition) is 9. The summed E-state index contributed by atoms with van der Waals surface area (Å²) in [4.78, 5) is 46.4. The maximum Gasteiger partial charge on any atom is 0.249 e. The Labute approximate surface area is 259 Å². The average molecular weight is 632 g/mol. The standard InChI is InChI=1S/C30H39F2N7O6/c31-30(32)6-4-21(5-7-30)36-9-10-37-26(18-36)29(43)38-16-22(39-17-24(34-35-39)20-2-1-3-23(40)14-20)15-25(38)28(42)33-8-11-44-12-13-45-19-27(37)41/h1-3,14,17,21-22,25-26,40H,4-13,15-16,18-19H2,(H,33,42)/t22-,25-,26-/m0/s1. The van der Waals surface area contributed by atoms with Crippen LogP contribution in [0.3, 0.4) is 0 Å². The van der Waals surface area contributed by atoms with Crippen LogP contribution in [0.15, 0.2) is 30.5 Å². The van der Waals surface area contributed by atoms with Gasteiger partial charge >= 0.3 is 0 Å². The zero-order valence-electron chi connectivity index (χ0n) is 25.0. The van der Waals surface area contributed by atoms with E-state index in [2.05, 4.69) is 15.6 Å². The highest BCUT2D eigenvalue weighted by atomic mass is 19.3. The fourth-order valence-corrected chi connectivity index (χ4v) is 6.80. The van der Waals surface area contributed by atoms with Gasteiger partial charge in [-0.1, -0.05) is 17.3 Å². The summed E-state index contributed by atoms with van der Waals surface area (Å²) >= 11 is 0. The summed E-state index contributed by atoms with van der Waals surface area (Å²) in [6, 6.07) is 4.38. The molecule has 0 bridgehead atoms. The maximum absolute atomic E-state index is 14.4. The lowest BCUT2D eigenvalue weighted by Crippen LogP contribution is -2.64. The Kier molecular flexibility index (Phi) is 9.28. The molecule has 4 fully saturated rings. The number of amides is 3. The Morgan fingerprint density at radius 1 is 0.956 bits per heavy atom. The van der Waals surface area contributed by atoms with Crippen LogP contribution in [0.2, 0.25) is 0 Å². The molecule has 244 valence electrons. The zero-order valence-corrected chi connectivity index (χ0v) is 25.0. The first-order valence-electron chi connectivity index (χ1n) is 15.5. The third-order valence-corrected chi connectivity index (χ3v) is 9.25. The van der Waals surface area contributed by atoms with Gasteiger partial charge in [0.15, 0.2) is 0 Å². The first-order chi connectivity index (χ1) is 21.7. The molecular formula is C30H39F2N7O6. The van der Waals surface area contributed by atoms with Crippen molar-refractivity contribution >= 4 is 17.7 Å². The SMILES string of the molecule is O=C1NCCOCCOCC(=O)N2CCN(C3CCC(F)(F)CC3)C[C@H]2C(=O)N2C[C@@H](n3cc(-c4cccc(O)c4)nn3)C[C@@H]12.